The van der Waals surface area contributed by atoms with Crippen LogP contribution in [0.4, 0.5) is 0 Å². The third-order valence-corrected chi connectivity index (χ3v) is 2.75. The predicted octanol–water partition coefficient (Wildman–Crippen LogP) is 2.63. The highest BCUT2D eigenvalue weighted by Crippen LogP contribution is 2.18. The Morgan fingerprint density at radius 3 is 2.76 bits per heavy atom. The summed E-state index contributed by atoms with van der Waals surface area (Å²) in [7, 11) is 0. The minimum absolute atomic E-state index is 0.181. The molecule has 21 heavy (non-hydrogen) atoms. The average molecular weight is 277 g/mol. The molecule has 0 bridgehead atoms. The lowest BCUT2D eigenvalue weighted by molar-refractivity contribution is 0.423. The van der Waals surface area contributed by atoms with E-state index in [1.54, 1.807) is 30.1 Å². The highest BCUT2D eigenvalue weighted by atomic mass is 16.5. The standard InChI is InChI=1S/C15H11N5O/c1-11-7-12(9-16)8-14(18-11)21-15-17-10-20(19-15)13-5-3-2-4-6-13/h2-8,10H,1H3. The van der Waals surface area contributed by atoms with E-state index >= 15 is 0 Å². The summed E-state index contributed by atoms with van der Waals surface area (Å²) in [6.45, 7) is 1.80. The van der Waals surface area contributed by atoms with Crippen LogP contribution in [0.25, 0.3) is 5.69 Å². The van der Waals surface area contributed by atoms with E-state index in [0.717, 1.165) is 5.69 Å². The van der Waals surface area contributed by atoms with E-state index in [-0.39, 0.29) is 6.01 Å². The SMILES string of the molecule is Cc1cc(C#N)cc(Oc2ncn(-c3ccccc3)n2)n1. The summed E-state index contributed by atoms with van der Waals surface area (Å²) in [6, 6.07) is 15.1. The number of benzene rings is 1. The van der Waals surface area contributed by atoms with E-state index in [1.807, 2.05) is 30.3 Å². The van der Waals surface area contributed by atoms with Crippen LogP contribution in [-0.2, 0) is 0 Å². The molecule has 2 aromatic heterocycles. The maximum atomic E-state index is 8.94. The van der Waals surface area contributed by atoms with Crippen molar-refractivity contribution in [3.05, 3.63) is 60.0 Å². The van der Waals surface area contributed by atoms with Gasteiger partial charge in [-0.1, -0.05) is 18.2 Å². The van der Waals surface area contributed by atoms with Gasteiger partial charge in [-0.25, -0.2) is 9.67 Å². The Morgan fingerprint density at radius 2 is 2.00 bits per heavy atom. The van der Waals surface area contributed by atoms with Crippen molar-refractivity contribution in [2.45, 2.75) is 6.92 Å². The summed E-state index contributed by atoms with van der Waals surface area (Å²) in [5.41, 5.74) is 2.07. The third kappa shape index (κ3) is 2.87. The minimum atomic E-state index is 0.181. The summed E-state index contributed by atoms with van der Waals surface area (Å²) in [5, 5.41) is 13.2. The van der Waals surface area contributed by atoms with Crippen molar-refractivity contribution in [3.63, 3.8) is 0 Å². The van der Waals surface area contributed by atoms with E-state index < -0.39 is 0 Å². The molecule has 0 radical (unpaired) electrons. The number of nitrogens with zero attached hydrogens (tertiary/aromatic N) is 5. The van der Waals surface area contributed by atoms with E-state index in [0.29, 0.717) is 17.1 Å². The molecule has 1 aromatic carbocycles. The number of rotatable bonds is 3. The highest BCUT2D eigenvalue weighted by molar-refractivity contribution is 5.35. The number of para-hydroxylation sites is 1. The van der Waals surface area contributed by atoms with Crippen molar-refractivity contribution in [3.8, 4) is 23.6 Å². The summed E-state index contributed by atoms with van der Waals surface area (Å²) < 4.78 is 7.11. The van der Waals surface area contributed by atoms with Gasteiger partial charge in [0.15, 0.2) is 0 Å². The quantitative estimate of drug-likeness (QED) is 0.735. The monoisotopic (exact) mass is 277 g/mol. The van der Waals surface area contributed by atoms with Gasteiger partial charge in [-0.05, 0) is 25.1 Å². The summed E-state index contributed by atoms with van der Waals surface area (Å²) in [5.74, 6) is 0.303. The molecule has 2 heterocycles. The van der Waals surface area contributed by atoms with Crippen LogP contribution in [0.15, 0.2) is 48.8 Å². The second-order valence-electron chi connectivity index (χ2n) is 4.36. The number of aromatic nitrogens is 4. The molecular formula is C15H11N5O. The molecule has 3 aromatic rings. The van der Waals surface area contributed by atoms with Gasteiger partial charge in [-0.15, -0.1) is 5.10 Å². The van der Waals surface area contributed by atoms with Gasteiger partial charge in [-0.2, -0.15) is 10.2 Å². The molecular weight excluding hydrogens is 266 g/mol. The molecule has 0 aliphatic carbocycles. The van der Waals surface area contributed by atoms with Gasteiger partial charge >= 0.3 is 6.01 Å². The maximum Gasteiger partial charge on any atom is 0.342 e. The Balaban J connectivity index is 1.85. The van der Waals surface area contributed by atoms with Gasteiger partial charge in [0.2, 0.25) is 5.88 Å². The fourth-order valence-electron chi connectivity index (χ4n) is 1.85. The average Bonchev–Trinajstić information content (AvgIpc) is 2.96. The predicted molar refractivity (Wildman–Crippen MR) is 75.1 cm³/mol. The van der Waals surface area contributed by atoms with E-state index in [2.05, 4.69) is 21.1 Å². The molecule has 0 saturated carbocycles. The zero-order valence-corrected chi connectivity index (χ0v) is 11.3. The van der Waals surface area contributed by atoms with Gasteiger partial charge < -0.3 is 4.74 Å². The Morgan fingerprint density at radius 1 is 1.19 bits per heavy atom. The molecule has 0 spiro atoms. The van der Waals surface area contributed by atoms with Crippen LogP contribution in [0, 0.1) is 18.3 Å². The second kappa shape index (κ2) is 5.43. The topological polar surface area (TPSA) is 76.6 Å². The van der Waals surface area contributed by atoms with E-state index in [1.165, 1.54) is 0 Å². The molecule has 0 fully saturated rings. The third-order valence-electron chi connectivity index (χ3n) is 2.75. The van der Waals surface area contributed by atoms with Crippen LogP contribution in [-0.4, -0.2) is 19.7 Å². The van der Waals surface area contributed by atoms with Crippen molar-refractivity contribution in [2.24, 2.45) is 0 Å². The summed E-state index contributed by atoms with van der Waals surface area (Å²) >= 11 is 0. The number of hydrogen-bond acceptors (Lipinski definition) is 5. The first-order valence-electron chi connectivity index (χ1n) is 6.28. The molecule has 6 heteroatoms. The van der Waals surface area contributed by atoms with Crippen LogP contribution in [0.1, 0.15) is 11.3 Å². The minimum Gasteiger partial charge on any atom is -0.404 e. The molecule has 0 amide bonds. The lowest BCUT2D eigenvalue weighted by atomic mass is 10.2. The van der Waals surface area contributed by atoms with Gasteiger partial charge in [0.05, 0.1) is 17.3 Å². The highest BCUT2D eigenvalue weighted by Gasteiger charge is 2.07. The molecule has 6 nitrogen and oxygen atoms in total. The van der Waals surface area contributed by atoms with Crippen LogP contribution < -0.4 is 4.74 Å². The molecule has 3 rings (SSSR count). The number of ether oxygens (including phenoxy) is 1. The number of pyridine rings is 1. The zero-order chi connectivity index (χ0) is 14.7. The smallest absolute Gasteiger partial charge is 0.342 e. The van der Waals surface area contributed by atoms with Crippen LogP contribution in [0.5, 0.6) is 11.9 Å². The molecule has 0 aliphatic heterocycles. The number of nitriles is 1. The molecule has 0 aliphatic rings. The maximum absolute atomic E-state index is 8.94. The first-order chi connectivity index (χ1) is 10.2. The molecule has 0 unspecified atom stereocenters. The fourth-order valence-corrected chi connectivity index (χ4v) is 1.85. The Bertz CT molecular complexity index is 804. The number of hydrogen-bond donors (Lipinski definition) is 0. The summed E-state index contributed by atoms with van der Waals surface area (Å²) in [4.78, 5) is 8.28. The van der Waals surface area contributed by atoms with Gasteiger partial charge in [0.1, 0.15) is 6.33 Å². The van der Waals surface area contributed by atoms with Crippen molar-refractivity contribution >= 4 is 0 Å². The second-order valence-corrected chi connectivity index (χ2v) is 4.36. The lowest BCUT2D eigenvalue weighted by Gasteiger charge is -2.02. The molecule has 0 atom stereocenters. The normalized spacial score (nSPS) is 10.1. The van der Waals surface area contributed by atoms with Crippen LogP contribution in [0.2, 0.25) is 0 Å². The Kier molecular flexibility index (Phi) is 3.31. The first-order valence-corrected chi connectivity index (χ1v) is 6.28. The molecule has 102 valence electrons. The Labute approximate surface area is 121 Å². The van der Waals surface area contributed by atoms with Gasteiger partial charge in [0, 0.05) is 11.8 Å². The van der Waals surface area contributed by atoms with Crippen molar-refractivity contribution < 1.29 is 4.74 Å². The van der Waals surface area contributed by atoms with E-state index in [9.17, 15) is 0 Å². The van der Waals surface area contributed by atoms with Crippen LogP contribution >= 0.6 is 0 Å². The molecule has 0 N–H and O–H groups in total. The lowest BCUT2D eigenvalue weighted by Crippen LogP contribution is -1.96. The zero-order valence-electron chi connectivity index (χ0n) is 11.3. The van der Waals surface area contributed by atoms with Crippen LogP contribution in [0.3, 0.4) is 0 Å². The van der Waals surface area contributed by atoms with Crippen molar-refractivity contribution in [1.29, 1.82) is 5.26 Å². The fraction of sp³-hybridized carbons (Fsp3) is 0.0667. The largest absolute Gasteiger partial charge is 0.404 e. The van der Waals surface area contributed by atoms with E-state index in [4.69, 9.17) is 10.00 Å². The van der Waals surface area contributed by atoms with Crippen molar-refractivity contribution in [1.82, 2.24) is 19.7 Å². The number of aryl methyl sites for hydroxylation is 1. The summed E-state index contributed by atoms with van der Waals surface area (Å²) in [6.07, 6.45) is 1.56. The van der Waals surface area contributed by atoms with Crippen molar-refractivity contribution in [2.75, 3.05) is 0 Å². The molecule has 0 saturated heterocycles. The Hall–Kier alpha value is -3.20. The van der Waals surface area contributed by atoms with Gasteiger partial charge in [0.25, 0.3) is 0 Å². The first kappa shape index (κ1) is 12.8. The van der Waals surface area contributed by atoms with Gasteiger partial charge in [-0.3, -0.25) is 0 Å².